The molecule has 1 aliphatic rings. The van der Waals surface area contributed by atoms with Gasteiger partial charge in [0.25, 0.3) is 5.91 Å². The summed E-state index contributed by atoms with van der Waals surface area (Å²) in [7, 11) is 0. The molecule has 1 aromatic carbocycles. The van der Waals surface area contributed by atoms with Gasteiger partial charge in [-0.15, -0.1) is 10.2 Å². The van der Waals surface area contributed by atoms with Crippen molar-refractivity contribution in [2.75, 3.05) is 6.54 Å². The molecule has 2 heterocycles. The third kappa shape index (κ3) is 2.66. The first-order valence-electron chi connectivity index (χ1n) is 6.20. The Kier molecular flexibility index (Phi) is 3.92. The summed E-state index contributed by atoms with van der Waals surface area (Å²) in [6, 6.07) is 7.68. The minimum atomic E-state index is -0.114. The molecule has 0 saturated carbocycles. The van der Waals surface area contributed by atoms with Crippen LogP contribution in [0.25, 0.3) is 0 Å². The molecule has 1 aromatic heterocycles. The number of amides is 1. The number of halogens is 2. The Morgan fingerprint density at radius 3 is 2.90 bits per heavy atom. The van der Waals surface area contributed by atoms with Crippen molar-refractivity contribution in [3.05, 3.63) is 44.3 Å². The van der Waals surface area contributed by atoms with E-state index in [1.807, 2.05) is 29.2 Å². The highest BCUT2D eigenvalue weighted by Gasteiger charge is 2.32. The first-order chi connectivity index (χ1) is 9.65. The fourth-order valence-electron chi connectivity index (χ4n) is 2.48. The molecule has 7 heteroatoms. The van der Waals surface area contributed by atoms with Crippen molar-refractivity contribution >= 4 is 40.4 Å². The van der Waals surface area contributed by atoms with Gasteiger partial charge in [-0.3, -0.25) is 4.79 Å². The number of carbonyl (C=O) groups excluding carboxylic acids is 1. The van der Waals surface area contributed by atoms with Crippen LogP contribution in [-0.2, 0) is 0 Å². The largest absolute Gasteiger partial charge is 0.329 e. The molecule has 1 fully saturated rings. The summed E-state index contributed by atoms with van der Waals surface area (Å²) >= 11 is 12.9. The highest BCUT2D eigenvalue weighted by Crippen LogP contribution is 2.34. The maximum atomic E-state index is 12.5. The summed E-state index contributed by atoms with van der Waals surface area (Å²) in [6.07, 6.45) is 1.90. The molecule has 4 nitrogen and oxygen atoms in total. The zero-order valence-corrected chi connectivity index (χ0v) is 12.8. The van der Waals surface area contributed by atoms with Crippen molar-refractivity contribution in [2.45, 2.75) is 18.9 Å². The third-order valence-corrected chi connectivity index (χ3v) is 4.57. The Balaban J connectivity index is 1.87. The Bertz CT molecular complexity index is 646. The van der Waals surface area contributed by atoms with E-state index in [0.29, 0.717) is 16.6 Å². The van der Waals surface area contributed by atoms with Crippen LogP contribution in [0.15, 0.2) is 24.3 Å². The van der Waals surface area contributed by atoms with Gasteiger partial charge in [0, 0.05) is 11.6 Å². The summed E-state index contributed by atoms with van der Waals surface area (Å²) in [6.45, 7) is 0.715. The van der Waals surface area contributed by atoms with Gasteiger partial charge in [0.2, 0.25) is 9.47 Å². The average molecular weight is 328 g/mol. The van der Waals surface area contributed by atoms with Gasteiger partial charge in [0.05, 0.1) is 6.04 Å². The molecule has 1 amide bonds. The van der Waals surface area contributed by atoms with Gasteiger partial charge < -0.3 is 4.90 Å². The van der Waals surface area contributed by atoms with E-state index in [1.54, 1.807) is 0 Å². The van der Waals surface area contributed by atoms with E-state index in [1.165, 1.54) is 0 Å². The second-order valence-corrected chi connectivity index (χ2v) is 6.57. The van der Waals surface area contributed by atoms with Gasteiger partial charge >= 0.3 is 0 Å². The average Bonchev–Trinajstić information content (AvgIpc) is 3.06. The van der Waals surface area contributed by atoms with Crippen LogP contribution >= 0.6 is 34.5 Å². The van der Waals surface area contributed by atoms with Crippen LogP contribution in [0.2, 0.25) is 9.49 Å². The fraction of sp³-hybridized carbons (Fsp3) is 0.308. The SMILES string of the molecule is O=C(c1nnc(Cl)s1)N1CCCC1c1cccc(Cl)c1. The first-order valence-corrected chi connectivity index (χ1v) is 7.78. The number of aromatic nitrogens is 2. The summed E-state index contributed by atoms with van der Waals surface area (Å²) in [5, 5.41) is 8.53. The number of rotatable bonds is 2. The minimum Gasteiger partial charge on any atom is -0.329 e. The Labute approximate surface area is 130 Å². The zero-order chi connectivity index (χ0) is 14.1. The molecule has 1 aliphatic heterocycles. The maximum absolute atomic E-state index is 12.5. The zero-order valence-electron chi connectivity index (χ0n) is 10.4. The summed E-state index contributed by atoms with van der Waals surface area (Å²) < 4.78 is 0.284. The van der Waals surface area contributed by atoms with Crippen molar-refractivity contribution in [3.63, 3.8) is 0 Å². The number of hydrogen-bond donors (Lipinski definition) is 0. The Morgan fingerprint density at radius 1 is 1.35 bits per heavy atom. The number of carbonyl (C=O) groups is 1. The lowest BCUT2D eigenvalue weighted by atomic mass is 10.0. The Morgan fingerprint density at radius 2 is 2.20 bits per heavy atom. The van der Waals surface area contributed by atoms with E-state index in [-0.39, 0.29) is 16.4 Å². The molecule has 20 heavy (non-hydrogen) atoms. The first kappa shape index (κ1) is 13.8. The Hall–Kier alpha value is -1.17. The maximum Gasteiger partial charge on any atom is 0.285 e. The molecule has 0 spiro atoms. The smallest absolute Gasteiger partial charge is 0.285 e. The molecule has 2 aromatic rings. The normalized spacial score (nSPS) is 18.5. The molecule has 104 valence electrons. The molecule has 3 rings (SSSR count). The molecule has 1 unspecified atom stereocenters. The van der Waals surface area contributed by atoms with E-state index in [4.69, 9.17) is 23.2 Å². The molecule has 0 aliphatic carbocycles. The molecular formula is C13H11Cl2N3OS. The second kappa shape index (κ2) is 5.68. The monoisotopic (exact) mass is 327 g/mol. The van der Waals surface area contributed by atoms with Crippen molar-refractivity contribution in [1.29, 1.82) is 0 Å². The highest BCUT2D eigenvalue weighted by atomic mass is 35.5. The lowest BCUT2D eigenvalue weighted by Gasteiger charge is -2.24. The van der Waals surface area contributed by atoms with Crippen LogP contribution in [0.3, 0.4) is 0 Å². The van der Waals surface area contributed by atoms with Gasteiger partial charge in [0.1, 0.15) is 0 Å². The van der Waals surface area contributed by atoms with Crippen molar-refractivity contribution in [3.8, 4) is 0 Å². The van der Waals surface area contributed by atoms with E-state index < -0.39 is 0 Å². The topological polar surface area (TPSA) is 46.1 Å². The predicted molar refractivity (Wildman–Crippen MR) is 79.4 cm³/mol. The van der Waals surface area contributed by atoms with Crippen LogP contribution < -0.4 is 0 Å². The van der Waals surface area contributed by atoms with Crippen LogP contribution in [0.1, 0.15) is 34.2 Å². The molecule has 0 N–H and O–H groups in total. The lowest BCUT2D eigenvalue weighted by molar-refractivity contribution is 0.0734. The summed E-state index contributed by atoms with van der Waals surface area (Å²) in [5.74, 6) is -0.114. The van der Waals surface area contributed by atoms with Crippen molar-refractivity contribution in [2.24, 2.45) is 0 Å². The molecule has 0 radical (unpaired) electrons. The quantitative estimate of drug-likeness (QED) is 0.842. The number of nitrogens with zero attached hydrogens (tertiary/aromatic N) is 3. The highest BCUT2D eigenvalue weighted by molar-refractivity contribution is 7.17. The predicted octanol–water partition coefficient (Wildman–Crippen LogP) is 3.82. The number of likely N-dealkylation sites (tertiary alicyclic amines) is 1. The van der Waals surface area contributed by atoms with Crippen LogP contribution in [-0.4, -0.2) is 27.5 Å². The van der Waals surface area contributed by atoms with Crippen molar-refractivity contribution < 1.29 is 4.79 Å². The second-order valence-electron chi connectivity index (χ2n) is 4.57. The molecule has 1 saturated heterocycles. The van der Waals surface area contributed by atoms with Gasteiger partial charge in [-0.25, -0.2) is 0 Å². The summed E-state index contributed by atoms with van der Waals surface area (Å²) in [4.78, 5) is 14.3. The van der Waals surface area contributed by atoms with Gasteiger partial charge in [-0.2, -0.15) is 0 Å². The number of hydrogen-bond acceptors (Lipinski definition) is 4. The number of benzene rings is 1. The van der Waals surface area contributed by atoms with Gasteiger partial charge in [0.15, 0.2) is 0 Å². The third-order valence-electron chi connectivity index (χ3n) is 3.33. The van der Waals surface area contributed by atoms with Gasteiger partial charge in [-0.05, 0) is 42.1 Å². The standard InChI is InChI=1S/C13H11Cl2N3OS/c14-9-4-1-3-8(7-9)10-5-2-6-18(10)12(19)11-16-17-13(15)20-11/h1,3-4,7,10H,2,5-6H2. The minimum absolute atomic E-state index is 0.0453. The van der Waals surface area contributed by atoms with E-state index in [2.05, 4.69) is 10.2 Å². The van der Waals surface area contributed by atoms with E-state index in [0.717, 1.165) is 29.7 Å². The fourth-order valence-corrected chi connectivity index (χ4v) is 3.47. The molecule has 0 bridgehead atoms. The summed E-state index contributed by atoms with van der Waals surface area (Å²) in [5.41, 5.74) is 1.05. The lowest BCUT2D eigenvalue weighted by Crippen LogP contribution is -2.30. The van der Waals surface area contributed by atoms with Crippen LogP contribution in [0.4, 0.5) is 0 Å². The molecule has 1 atom stereocenters. The van der Waals surface area contributed by atoms with Crippen LogP contribution in [0, 0.1) is 0 Å². The van der Waals surface area contributed by atoms with Gasteiger partial charge in [-0.1, -0.05) is 35.1 Å². The molecular weight excluding hydrogens is 317 g/mol. The van der Waals surface area contributed by atoms with Crippen LogP contribution in [0.5, 0.6) is 0 Å². The van der Waals surface area contributed by atoms with E-state index in [9.17, 15) is 4.79 Å². The van der Waals surface area contributed by atoms with E-state index >= 15 is 0 Å². The van der Waals surface area contributed by atoms with Crippen molar-refractivity contribution in [1.82, 2.24) is 15.1 Å².